The maximum absolute atomic E-state index is 10.8. The summed E-state index contributed by atoms with van der Waals surface area (Å²) in [6.07, 6.45) is 1.58. The summed E-state index contributed by atoms with van der Waals surface area (Å²) >= 11 is 6.15. The van der Waals surface area contributed by atoms with Crippen LogP contribution in [0.3, 0.4) is 0 Å². The summed E-state index contributed by atoms with van der Waals surface area (Å²) in [4.78, 5) is 14.7. The Balaban J connectivity index is 2.67. The SMILES string of the molecule is N#CC(C(N)=O)C(=S)Nc1nccs1. The van der Waals surface area contributed by atoms with E-state index >= 15 is 0 Å². The predicted octanol–water partition coefficient (Wildman–Crippen LogP) is 0.507. The molecule has 1 aromatic heterocycles. The Labute approximate surface area is 89.6 Å². The van der Waals surface area contributed by atoms with Gasteiger partial charge in [-0.2, -0.15) is 5.26 Å². The third-order valence-electron chi connectivity index (χ3n) is 1.34. The van der Waals surface area contributed by atoms with Crippen LogP contribution in [0, 0.1) is 17.2 Å². The molecule has 5 nitrogen and oxygen atoms in total. The van der Waals surface area contributed by atoms with Gasteiger partial charge >= 0.3 is 0 Å². The average Bonchev–Trinajstić information content (AvgIpc) is 2.57. The first-order valence-electron chi connectivity index (χ1n) is 3.54. The van der Waals surface area contributed by atoms with Gasteiger partial charge in [0.05, 0.1) is 6.07 Å². The number of anilines is 1. The molecular weight excluding hydrogens is 220 g/mol. The van der Waals surface area contributed by atoms with Crippen molar-refractivity contribution in [3.8, 4) is 6.07 Å². The van der Waals surface area contributed by atoms with E-state index in [9.17, 15) is 4.79 Å². The van der Waals surface area contributed by atoms with Gasteiger partial charge in [-0.15, -0.1) is 11.3 Å². The van der Waals surface area contributed by atoms with E-state index in [2.05, 4.69) is 10.3 Å². The van der Waals surface area contributed by atoms with Crippen LogP contribution in [0.25, 0.3) is 0 Å². The lowest BCUT2D eigenvalue weighted by Crippen LogP contribution is -2.32. The highest BCUT2D eigenvalue weighted by Gasteiger charge is 2.20. The highest BCUT2D eigenvalue weighted by Crippen LogP contribution is 2.12. The first-order chi connectivity index (χ1) is 6.65. The summed E-state index contributed by atoms with van der Waals surface area (Å²) in [5.74, 6) is -1.87. The van der Waals surface area contributed by atoms with Crippen molar-refractivity contribution >= 4 is 39.6 Å². The van der Waals surface area contributed by atoms with Crippen LogP contribution in [-0.2, 0) is 4.79 Å². The van der Waals surface area contributed by atoms with Crippen LogP contribution in [0.1, 0.15) is 0 Å². The second-order valence-corrected chi connectivity index (χ2v) is 3.63. The fraction of sp³-hybridized carbons (Fsp3) is 0.143. The number of hydrogen-bond acceptors (Lipinski definition) is 5. The number of amides is 1. The Kier molecular flexibility index (Phi) is 3.50. The molecule has 0 aliphatic rings. The molecule has 0 aliphatic carbocycles. The summed E-state index contributed by atoms with van der Waals surface area (Å²) in [6.45, 7) is 0. The second kappa shape index (κ2) is 4.64. The largest absolute Gasteiger partial charge is 0.368 e. The molecule has 0 fully saturated rings. The number of thiazole rings is 1. The van der Waals surface area contributed by atoms with Crippen LogP contribution in [0.5, 0.6) is 0 Å². The van der Waals surface area contributed by atoms with E-state index < -0.39 is 11.8 Å². The van der Waals surface area contributed by atoms with E-state index in [1.807, 2.05) is 0 Å². The summed E-state index contributed by atoms with van der Waals surface area (Å²) in [5, 5.41) is 13.6. The zero-order valence-electron chi connectivity index (χ0n) is 6.93. The van der Waals surface area contributed by atoms with E-state index in [-0.39, 0.29) is 4.99 Å². The number of hydrogen-bond donors (Lipinski definition) is 2. The van der Waals surface area contributed by atoms with Gasteiger partial charge in [0.15, 0.2) is 11.0 Å². The van der Waals surface area contributed by atoms with Crippen molar-refractivity contribution in [3.63, 3.8) is 0 Å². The molecule has 1 atom stereocenters. The lowest BCUT2D eigenvalue weighted by Gasteiger charge is -2.06. The molecule has 0 saturated heterocycles. The summed E-state index contributed by atoms with van der Waals surface area (Å²) in [6, 6.07) is 1.71. The molecule has 1 rings (SSSR count). The smallest absolute Gasteiger partial charge is 0.241 e. The van der Waals surface area contributed by atoms with Gasteiger partial charge in [0.2, 0.25) is 5.91 Å². The number of primary amides is 1. The topological polar surface area (TPSA) is 91.8 Å². The number of nitrogens with two attached hydrogens (primary N) is 1. The van der Waals surface area contributed by atoms with Gasteiger partial charge < -0.3 is 11.1 Å². The molecule has 14 heavy (non-hydrogen) atoms. The monoisotopic (exact) mass is 226 g/mol. The molecule has 1 heterocycles. The van der Waals surface area contributed by atoms with E-state index in [1.165, 1.54) is 11.3 Å². The molecule has 0 spiro atoms. The maximum atomic E-state index is 10.8. The van der Waals surface area contributed by atoms with Crippen molar-refractivity contribution in [2.24, 2.45) is 11.7 Å². The van der Waals surface area contributed by atoms with E-state index in [1.54, 1.807) is 17.6 Å². The second-order valence-electron chi connectivity index (χ2n) is 2.29. The molecule has 3 N–H and O–H groups in total. The normalized spacial score (nSPS) is 11.4. The molecule has 0 saturated carbocycles. The number of nitriles is 1. The number of rotatable bonds is 3. The Bertz CT molecular complexity index is 381. The Hall–Kier alpha value is -1.52. The fourth-order valence-electron chi connectivity index (χ4n) is 0.714. The molecule has 1 amide bonds. The van der Waals surface area contributed by atoms with Crippen molar-refractivity contribution < 1.29 is 4.79 Å². The fourth-order valence-corrected chi connectivity index (χ4v) is 1.59. The van der Waals surface area contributed by atoms with E-state index in [0.29, 0.717) is 5.13 Å². The number of carbonyl (C=O) groups excluding carboxylic acids is 1. The lowest BCUT2D eigenvalue weighted by atomic mass is 10.1. The quantitative estimate of drug-likeness (QED) is 0.732. The Morgan fingerprint density at radius 3 is 3.00 bits per heavy atom. The molecule has 1 aromatic rings. The number of carbonyl (C=O) groups is 1. The standard InChI is InChI=1S/C7H6N4OS2/c8-3-4(5(9)12)6(13)11-7-10-1-2-14-7/h1-2,4H,(H2,9,12)(H,10,11,13). The van der Waals surface area contributed by atoms with E-state index in [4.69, 9.17) is 23.2 Å². The number of aromatic nitrogens is 1. The first kappa shape index (κ1) is 10.6. The van der Waals surface area contributed by atoms with Crippen LogP contribution in [0.2, 0.25) is 0 Å². The van der Waals surface area contributed by atoms with Gasteiger partial charge in [-0.25, -0.2) is 4.98 Å². The molecule has 72 valence electrons. The van der Waals surface area contributed by atoms with Gasteiger partial charge in [0.1, 0.15) is 4.99 Å². The van der Waals surface area contributed by atoms with Crippen LogP contribution in [0.15, 0.2) is 11.6 Å². The number of thiocarbonyl (C=S) groups is 1. The Morgan fingerprint density at radius 2 is 2.57 bits per heavy atom. The van der Waals surface area contributed by atoms with Crippen LogP contribution >= 0.6 is 23.6 Å². The van der Waals surface area contributed by atoms with Gasteiger partial charge in [-0.1, -0.05) is 12.2 Å². The van der Waals surface area contributed by atoms with Gasteiger partial charge in [0, 0.05) is 11.6 Å². The minimum atomic E-state index is -1.10. The van der Waals surface area contributed by atoms with Crippen molar-refractivity contribution in [1.29, 1.82) is 5.26 Å². The molecule has 0 radical (unpaired) electrons. The van der Waals surface area contributed by atoms with Gasteiger partial charge in [-0.05, 0) is 0 Å². The average molecular weight is 226 g/mol. The van der Waals surface area contributed by atoms with Gasteiger partial charge in [0.25, 0.3) is 0 Å². The van der Waals surface area contributed by atoms with Gasteiger partial charge in [-0.3, -0.25) is 4.79 Å². The zero-order chi connectivity index (χ0) is 10.6. The zero-order valence-corrected chi connectivity index (χ0v) is 8.56. The molecule has 1 unspecified atom stereocenters. The summed E-state index contributed by atoms with van der Waals surface area (Å²) < 4.78 is 0. The van der Waals surface area contributed by atoms with Crippen LogP contribution in [-0.4, -0.2) is 15.9 Å². The highest BCUT2D eigenvalue weighted by atomic mass is 32.1. The first-order valence-corrected chi connectivity index (χ1v) is 4.83. The predicted molar refractivity (Wildman–Crippen MR) is 56.6 cm³/mol. The van der Waals surface area contributed by atoms with Crippen molar-refractivity contribution in [1.82, 2.24) is 4.98 Å². The minimum absolute atomic E-state index is 0.0787. The third kappa shape index (κ3) is 2.48. The van der Waals surface area contributed by atoms with Crippen molar-refractivity contribution in [2.75, 3.05) is 5.32 Å². The van der Waals surface area contributed by atoms with Crippen LogP contribution < -0.4 is 11.1 Å². The summed E-state index contributed by atoms with van der Waals surface area (Å²) in [7, 11) is 0. The van der Waals surface area contributed by atoms with Crippen molar-refractivity contribution in [3.05, 3.63) is 11.6 Å². The third-order valence-corrected chi connectivity index (χ3v) is 2.36. The highest BCUT2D eigenvalue weighted by molar-refractivity contribution is 7.80. The number of nitrogens with one attached hydrogen (secondary N) is 1. The molecular formula is C7H6N4OS2. The minimum Gasteiger partial charge on any atom is -0.368 e. The molecule has 0 aromatic carbocycles. The van der Waals surface area contributed by atoms with Crippen LogP contribution in [0.4, 0.5) is 5.13 Å². The molecule has 0 bridgehead atoms. The molecule has 7 heteroatoms. The molecule has 0 aliphatic heterocycles. The Morgan fingerprint density at radius 1 is 1.86 bits per heavy atom. The lowest BCUT2D eigenvalue weighted by molar-refractivity contribution is -0.118. The van der Waals surface area contributed by atoms with Crippen molar-refractivity contribution in [2.45, 2.75) is 0 Å². The summed E-state index contributed by atoms with van der Waals surface area (Å²) in [5.41, 5.74) is 4.97. The maximum Gasteiger partial charge on any atom is 0.241 e. The van der Waals surface area contributed by atoms with E-state index in [0.717, 1.165) is 0 Å². The number of nitrogens with zero attached hydrogens (tertiary/aromatic N) is 2.